The van der Waals surface area contributed by atoms with Crippen LogP contribution in [0.1, 0.15) is 19.2 Å². The van der Waals surface area contributed by atoms with Gasteiger partial charge in [0.15, 0.2) is 5.84 Å². The Hall–Kier alpha value is -1.67. The van der Waals surface area contributed by atoms with E-state index in [1.165, 1.54) is 0 Å². The van der Waals surface area contributed by atoms with Crippen LogP contribution in [0.25, 0.3) is 0 Å². The normalized spacial score (nSPS) is 20.2. The van der Waals surface area contributed by atoms with E-state index in [4.69, 9.17) is 10.9 Å². The van der Waals surface area contributed by atoms with Crippen molar-refractivity contribution < 1.29 is 5.21 Å². The molecule has 1 saturated heterocycles. The molecule has 0 spiro atoms. The van der Waals surface area contributed by atoms with Gasteiger partial charge in [0.05, 0.1) is 12.6 Å². The molecule has 1 aliphatic heterocycles. The highest BCUT2D eigenvalue weighted by molar-refractivity contribution is 5.85. The van der Waals surface area contributed by atoms with Gasteiger partial charge in [-0.15, -0.1) is 0 Å². The van der Waals surface area contributed by atoms with Crippen LogP contribution in [0.4, 0.5) is 0 Å². The van der Waals surface area contributed by atoms with Crippen molar-refractivity contribution in [1.82, 2.24) is 24.6 Å². The molecule has 0 radical (unpaired) electrons. The number of rotatable bonds is 5. The van der Waals surface area contributed by atoms with Gasteiger partial charge in [-0.25, -0.2) is 4.98 Å². The average molecular weight is 281 g/mol. The Morgan fingerprint density at radius 1 is 1.45 bits per heavy atom. The Morgan fingerprint density at radius 2 is 2.15 bits per heavy atom. The van der Waals surface area contributed by atoms with Gasteiger partial charge < -0.3 is 10.9 Å². The number of hydrogen-bond acceptors (Lipinski definition) is 6. The summed E-state index contributed by atoms with van der Waals surface area (Å²) in [6.07, 6.45) is 2.43. The zero-order chi connectivity index (χ0) is 14.5. The molecule has 0 aliphatic carbocycles. The van der Waals surface area contributed by atoms with E-state index in [1.807, 2.05) is 7.05 Å². The number of nitrogens with two attached hydrogens (primary N) is 1. The second kappa shape index (κ2) is 6.67. The van der Waals surface area contributed by atoms with Gasteiger partial charge in [0, 0.05) is 33.2 Å². The monoisotopic (exact) mass is 281 g/mol. The number of oxime groups is 1. The zero-order valence-corrected chi connectivity index (χ0v) is 12.1. The van der Waals surface area contributed by atoms with Crippen LogP contribution in [0.15, 0.2) is 11.5 Å². The van der Waals surface area contributed by atoms with E-state index in [2.05, 4.69) is 32.0 Å². The van der Waals surface area contributed by atoms with Crippen molar-refractivity contribution >= 4 is 5.84 Å². The van der Waals surface area contributed by atoms with Crippen molar-refractivity contribution in [3.63, 3.8) is 0 Å². The minimum absolute atomic E-state index is 0.0250. The fourth-order valence-electron chi connectivity index (χ4n) is 2.62. The molecule has 112 valence electrons. The van der Waals surface area contributed by atoms with Gasteiger partial charge >= 0.3 is 0 Å². The number of amidine groups is 1. The standard InChI is InChI=1S/C12H23N7O/c1-3-10(12(13)16-20)19-6-4-18(5-7-19)8-11-14-9-15-17(11)2/h9-10,20H,3-8H2,1-2H3,(H2,13,16). The second-order valence-electron chi connectivity index (χ2n) is 5.06. The lowest BCUT2D eigenvalue weighted by molar-refractivity contribution is 0.107. The quantitative estimate of drug-likeness (QED) is 0.326. The summed E-state index contributed by atoms with van der Waals surface area (Å²) >= 11 is 0. The van der Waals surface area contributed by atoms with Gasteiger partial charge in [0.1, 0.15) is 12.2 Å². The van der Waals surface area contributed by atoms with Gasteiger partial charge in [-0.1, -0.05) is 12.1 Å². The van der Waals surface area contributed by atoms with Crippen molar-refractivity contribution in [2.24, 2.45) is 17.9 Å². The number of aromatic nitrogens is 3. The van der Waals surface area contributed by atoms with E-state index >= 15 is 0 Å². The summed E-state index contributed by atoms with van der Waals surface area (Å²) in [6.45, 7) is 6.57. The molecule has 0 bridgehead atoms. The third-order valence-electron chi connectivity index (χ3n) is 3.86. The first kappa shape index (κ1) is 14.7. The second-order valence-corrected chi connectivity index (χ2v) is 5.06. The summed E-state index contributed by atoms with van der Waals surface area (Å²) in [5.74, 6) is 1.27. The highest BCUT2D eigenvalue weighted by atomic mass is 16.4. The smallest absolute Gasteiger partial charge is 0.156 e. The Kier molecular flexibility index (Phi) is 4.91. The summed E-state index contributed by atoms with van der Waals surface area (Å²) in [6, 6.07) is 0.0250. The average Bonchev–Trinajstić information content (AvgIpc) is 2.86. The summed E-state index contributed by atoms with van der Waals surface area (Å²) in [4.78, 5) is 8.86. The van der Waals surface area contributed by atoms with E-state index in [9.17, 15) is 0 Å². The molecule has 1 atom stereocenters. The van der Waals surface area contributed by atoms with E-state index in [0.717, 1.165) is 45.0 Å². The maximum Gasteiger partial charge on any atom is 0.156 e. The molecule has 2 rings (SSSR count). The Morgan fingerprint density at radius 3 is 2.65 bits per heavy atom. The molecule has 1 aliphatic rings. The molecular formula is C12H23N7O. The minimum atomic E-state index is 0.0250. The van der Waals surface area contributed by atoms with E-state index < -0.39 is 0 Å². The van der Waals surface area contributed by atoms with Crippen LogP contribution in [0.2, 0.25) is 0 Å². The molecule has 1 unspecified atom stereocenters. The molecule has 20 heavy (non-hydrogen) atoms. The first-order valence-corrected chi connectivity index (χ1v) is 6.92. The molecule has 1 aromatic heterocycles. The van der Waals surface area contributed by atoms with Crippen molar-refractivity contribution in [2.45, 2.75) is 25.9 Å². The lowest BCUT2D eigenvalue weighted by atomic mass is 10.1. The van der Waals surface area contributed by atoms with Crippen LogP contribution >= 0.6 is 0 Å². The van der Waals surface area contributed by atoms with Crippen LogP contribution in [-0.2, 0) is 13.6 Å². The summed E-state index contributed by atoms with van der Waals surface area (Å²) in [5.41, 5.74) is 5.75. The highest BCUT2D eigenvalue weighted by Gasteiger charge is 2.25. The molecule has 8 heteroatoms. The molecular weight excluding hydrogens is 258 g/mol. The zero-order valence-electron chi connectivity index (χ0n) is 12.1. The van der Waals surface area contributed by atoms with Crippen LogP contribution in [-0.4, -0.2) is 67.8 Å². The lowest BCUT2D eigenvalue weighted by Crippen LogP contribution is -2.53. The van der Waals surface area contributed by atoms with Crippen molar-refractivity contribution in [3.05, 3.63) is 12.2 Å². The Bertz CT molecular complexity index is 450. The first-order chi connectivity index (χ1) is 9.65. The van der Waals surface area contributed by atoms with Crippen molar-refractivity contribution in [1.29, 1.82) is 0 Å². The minimum Gasteiger partial charge on any atom is -0.409 e. The van der Waals surface area contributed by atoms with Gasteiger partial charge in [-0.3, -0.25) is 14.5 Å². The topological polar surface area (TPSA) is 95.8 Å². The van der Waals surface area contributed by atoms with Crippen molar-refractivity contribution in [3.8, 4) is 0 Å². The fraction of sp³-hybridized carbons (Fsp3) is 0.750. The predicted octanol–water partition coefficient (Wildman–Crippen LogP) is -0.542. The summed E-state index contributed by atoms with van der Waals surface area (Å²) < 4.78 is 1.80. The third kappa shape index (κ3) is 3.26. The van der Waals surface area contributed by atoms with E-state index in [-0.39, 0.29) is 6.04 Å². The van der Waals surface area contributed by atoms with Gasteiger partial charge in [-0.05, 0) is 6.42 Å². The van der Waals surface area contributed by atoms with E-state index in [0.29, 0.717) is 5.84 Å². The van der Waals surface area contributed by atoms with Crippen LogP contribution in [0.3, 0.4) is 0 Å². The van der Waals surface area contributed by atoms with Crippen LogP contribution < -0.4 is 5.73 Å². The summed E-state index contributed by atoms with van der Waals surface area (Å²) in [5, 5.41) is 16.1. The van der Waals surface area contributed by atoms with E-state index in [1.54, 1.807) is 11.0 Å². The molecule has 0 aromatic carbocycles. The molecule has 2 heterocycles. The molecule has 1 aromatic rings. The van der Waals surface area contributed by atoms with Crippen LogP contribution in [0, 0.1) is 0 Å². The highest BCUT2D eigenvalue weighted by Crippen LogP contribution is 2.11. The predicted molar refractivity (Wildman–Crippen MR) is 75.3 cm³/mol. The number of aryl methyl sites for hydroxylation is 1. The van der Waals surface area contributed by atoms with Gasteiger partial charge in [0.25, 0.3) is 0 Å². The fourth-order valence-corrected chi connectivity index (χ4v) is 2.62. The Labute approximate surface area is 118 Å². The van der Waals surface area contributed by atoms with Gasteiger partial charge in [-0.2, -0.15) is 5.10 Å². The number of piperazine rings is 1. The SMILES string of the molecule is CCC(C(N)=NO)N1CCN(Cc2ncnn2C)CC1. The summed E-state index contributed by atoms with van der Waals surface area (Å²) in [7, 11) is 1.91. The van der Waals surface area contributed by atoms with Gasteiger partial charge in [0.2, 0.25) is 0 Å². The molecule has 0 saturated carbocycles. The lowest BCUT2D eigenvalue weighted by Gasteiger charge is -2.38. The molecule has 8 nitrogen and oxygen atoms in total. The number of nitrogens with zero attached hydrogens (tertiary/aromatic N) is 6. The number of hydrogen-bond donors (Lipinski definition) is 2. The van der Waals surface area contributed by atoms with Crippen LogP contribution in [0.5, 0.6) is 0 Å². The first-order valence-electron chi connectivity index (χ1n) is 6.92. The maximum absolute atomic E-state index is 8.83. The third-order valence-corrected chi connectivity index (χ3v) is 3.86. The van der Waals surface area contributed by atoms with Crippen molar-refractivity contribution in [2.75, 3.05) is 26.2 Å². The largest absolute Gasteiger partial charge is 0.409 e. The Balaban J connectivity index is 1.87. The molecule has 1 fully saturated rings. The maximum atomic E-state index is 8.83. The molecule has 0 amide bonds. The molecule has 3 N–H and O–H groups in total.